The minimum atomic E-state index is -1.79. The first-order valence-electron chi connectivity index (χ1n) is 6.64. The van der Waals surface area contributed by atoms with Crippen LogP contribution in [0.4, 0.5) is 5.69 Å². The second-order valence-corrected chi connectivity index (χ2v) is 10.9. The molecule has 0 bridgehead atoms. The maximum atomic E-state index is 11.0. The number of allylic oxidation sites excluding steroid dienone is 1. The molecule has 0 radical (unpaired) electrons. The van der Waals surface area contributed by atoms with Crippen molar-refractivity contribution >= 4 is 30.0 Å². The first-order valence-corrected chi connectivity index (χ1v) is 10.1. The van der Waals surface area contributed by atoms with Crippen LogP contribution in [0.3, 0.4) is 0 Å². The smallest absolute Gasteiger partial charge is 0.258 e. The topological polar surface area (TPSA) is 71.9 Å². The summed E-state index contributed by atoms with van der Waals surface area (Å²) in [6, 6.07) is 4.71. The van der Waals surface area contributed by atoms with Gasteiger partial charge in [0.1, 0.15) is 8.07 Å². The molecular weight excluding hydrogens is 282 g/mol. The Morgan fingerprint density at radius 1 is 1.48 bits per heavy atom. The fourth-order valence-electron chi connectivity index (χ4n) is 2.70. The predicted octanol–water partition coefficient (Wildman–Crippen LogP) is 3.15. The number of nitriles is 1. The van der Waals surface area contributed by atoms with Crippen molar-refractivity contribution in [1.82, 2.24) is 4.57 Å². The Morgan fingerprint density at radius 3 is 2.62 bits per heavy atom. The van der Waals surface area contributed by atoms with E-state index in [0.29, 0.717) is 11.9 Å². The van der Waals surface area contributed by atoms with Crippen LogP contribution in [0.5, 0.6) is 0 Å². The molecule has 21 heavy (non-hydrogen) atoms. The number of hydrogen-bond acceptors (Lipinski definition) is 3. The molecule has 0 spiro atoms. The number of rotatable bonds is 4. The zero-order chi connectivity index (χ0) is 15.8. The van der Waals surface area contributed by atoms with E-state index in [-0.39, 0.29) is 5.69 Å². The highest BCUT2D eigenvalue weighted by Gasteiger charge is 2.28. The van der Waals surface area contributed by atoms with E-state index in [2.05, 4.69) is 32.4 Å². The first-order chi connectivity index (χ1) is 9.81. The summed E-state index contributed by atoms with van der Waals surface area (Å²) in [4.78, 5) is 10.5. The Morgan fingerprint density at radius 2 is 2.14 bits per heavy atom. The van der Waals surface area contributed by atoms with Crippen molar-refractivity contribution in [1.29, 1.82) is 5.26 Å². The lowest BCUT2D eigenvalue weighted by molar-refractivity contribution is -0.384. The minimum Gasteiger partial charge on any atom is -0.258 e. The predicted molar refractivity (Wildman–Crippen MR) is 86.5 cm³/mol. The number of nitro groups is 1. The van der Waals surface area contributed by atoms with Crippen LogP contribution in [0, 0.1) is 21.6 Å². The van der Waals surface area contributed by atoms with Gasteiger partial charge >= 0.3 is 0 Å². The average molecular weight is 299 g/mol. The van der Waals surface area contributed by atoms with E-state index in [1.807, 2.05) is 6.08 Å². The summed E-state index contributed by atoms with van der Waals surface area (Å²) in [5, 5.41) is 22.4. The van der Waals surface area contributed by atoms with Gasteiger partial charge in [0.2, 0.25) is 0 Å². The Labute approximate surface area is 124 Å². The molecule has 0 fully saturated rings. The number of hydrogen-bond donors (Lipinski definition) is 0. The standard InChI is InChI=1S/C15H17N3O2Si/c1-5-6-13-12-8-7-11(18(19)20)9-14(12)17(10-16)15(13)21(2,3)4/h5,7-9H,1,6H2,2-4H3. The van der Waals surface area contributed by atoms with Gasteiger partial charge in [0.15, 0.2) is 6.19 Å². The number of benzene rings is 1. The lowest BCUT2D eigenvalue weighted by atomic mass is 10.1. The molecule has 108 valence electrons. The Balaban J connectivity index is 2.94. The van der Waals surface area contributed by atoms with Crippen LogP contribution in [0.25, 0.3) is 10.9 Å². The van der Waals surface area contributed by atoms with Gasteiger partial charge in [0, 0.05) is 22.8 Å². The van der Waals surface area contributed by atoms with E-state index in [9.17, 15) is 15.4 Å². The van der Waals surface area contributed by atoms with Gasteiger partial charge in [-0.05, 0) is 18.1 Å². The second kappa shape index (κ2) is 5.18. The van der Waals surface area contributed by atoms with Crippen molar-refractivity contribution in [3.8, 4) is 6.19 Å². The van der Waals surface area contributed by atoms with Crippen LogP contribution in [0.2, 0.25) is 19.6 Å². The molecule has 0 aliphatic heterocycles. The highest BCUT2D eigenvalue weighted by atomic mass is 28.3. The van der Waals surface area contributed by atoms with E-state index >= 15 is 0 Å². The third-order valence-corrected chi connectivity index (χ3v) is 5.37. The monoisotopic (exact) mass is 299 g/mol. The number of fused-ring (bicyclic) bond motifs is 1. The van der Waals surface area contributed by atoms with Gasteiger partial charge in [-0.1, -0.05) is 25.7 Å². The highest BCUT2D eigenvalue weighted by molar-refractivity contribution is 6.88. The molecule has 2 aromatic rings. The summed E-state index contributed by atoms with van der Waals surface area (Å²) in [6.45, 7) is 10.3. The second-order valence-electron chi connectivity index (χ2n) is 5.96. The van der Waals surface area contributed by atoms with E-state index in [4.69, 9.17) is 0 Å². The van der Waals surface area contributed by atoms with Gasteiger partial charge in [0.25, 0.3) is 5.69 Å². The highest BCUT2D eigenvalue weighted by Crippen LogP contribution is 2.27. The molecule has 0 saturated carbocycles. The molecule has 2 rings (SSSR count). The SMILES string of the molecule is C=CCc1c([Si](C)(C)C)n(C#N)c2cc([N+](=O)[O-])ccc12. The summed E-state index contributed by atoms with van der Waals surface area (Å²) in [7, 11) is -1.79. The van der Waals surface area contributed by atoms with Gasteiger partial charge in [0.05, 0.1) is 10.4 Å². The number of nitro benzene ring substituents is 1. The number of nitrogens with zero attached hydrogens (tertiary/aromatic N) is 3. The summed E-state index contributed by atoms with van der Waals surface area (Å²) >= 11 is 0. The maximum absolute atomic E-state index is 11.0. The van der Waals surface area contributed by atoms with Crippen molar-refractivity contribution in [2.75, 3.05) is 0 Å². The number of non-ortho nitro benzene ring substituents is 1. The van der Waals surface area contributed by atoms with Crippen molar-refractivity contribution < 1.29 is 4.92 Å². The van der Waals surface area contributed by atoms with E-state index < -0.39 is 13.0 Å². The van der Waals surface area contributed by atoms with E-state index in [1.54, 1.807) is 10.6 Å². The molecular formula is C15H17N3O2Si. The molecule has 5 nitrogen and oxygen atoms in total. The van der Waals surface area contributed by atoms with Gasteiger partial charge in [-0.25, -0.2) is 0 Å². The van der Waals surface area contributed by atoms with Gasteiger partial charge in [-0.2, -0.15) is 5.26 Å². The zero-order valence-corrected chi connectivity index (χ0v) is 13.4. The van der Waals surface area contributed by atoms with Crippen molar-refractivity contribution in [3.63, 3.8) is 0 Å². The molecule has 1 heterocycles. The van der Waals surface area contributed by atoms with Crippen molar-refractivity contribution in [2.24, 2.45) is 0 Å². The Bertz CT molecular complexity index is 779. The lowest BCUT2D eigenvalue weighted by Crippen LogP contribution is -2.44. The molecule has 0 unspecified atom stereocenters. The first kappa shape index (κ1) is 15.0. The Kier molecular flexibility index (Phi) is 3.70. The van der Waals surface area contributed by atoms with Crippen LogP contribution in [-0.4, -0.2) is 17.6 Å². The lowest BCUT2D eigenvalue weighted by Gasteiger charge is -2.18. The normalized spacial score (nSPS) is 11.3. The summed E-state index contributed by atoms with van der Waals surface area (Å²) in [6.07, 6.45) is 4.65. The molecule has 1 aromatic carbocycles. The molecule has 0 saturated heterocycles. The van der Waals surface area contributed by atoms with E-state index in [1.165, 1.54) is 12.1 Å². The quantitative estimate of drug-likeness (QED) is 0.377. The third kappa shape index (κ3) is 2.48. The maximum Gasteiger partial charge on any atom is 0.271 e. The third-order valence-electron chi connectivity index (χ3n) is 3.43. The molecule has 0 amide bonds. The van der Waals surface area contributed by atoms with Crippen LogP contribution in [-0.2, 0) is 6.42 Å². The molecule has 0 N–H and O–H groups in total. The molecule has 6 heteroatoms. The molecule has 0 aliphatic rings. The molecule has 1 aromatic heterocycles. The summed E-state index contributed by atoms with van der Waals surface area (Å²) < 4.78 is 1.56. The Hall–Kier alpha value is -2.39. The fraction of sp³-hybridized carbons (Fsp3) is 0.267. The van der Waals surface area contributed by atoms with Gasteiger partial charge in [-0.15, -0.1) is 6.58 Å². The summed E-state index contributed by atoms with van der Waals surface area (Å²) in [5.74, 6) is 0. The van der Waals surface area contributed by atoms with Gasteiger partial charge in [-0.3, -0.25) is 14.7 Å². The molecule has 0 aliphatic carbocycles. The number of aromatic nitrogens is 1. The average Bonchev–Trinajstić information content (AvgIpc) is 2.72. The van der Waals surface area contributed by atoms with Crippen molar-refractivity contribution in [2.45, 2.75) is 26.1 Å². The van der Waals surface area contributed by atoms with E-state index in [0.717, 1.165) is 16.3 Å². The largest absolute Gasteiger partial charge is 0.271 e. The van der Waals surface area contributed by atoms with Crippen LogP contribution >= 0.6 is 0 Å². The van der Waals surface area contributed by atoms with Gasteiger partial charge < -0.3 is 0 Å². The minimum absolute atomic E-state index is 0.00350. The fourth-order valence-corrected chi connectivity index (χ4v) is 4.68. The summed E-state index contributed by atoms with van der Waals surface area (Å²) in [5.41, 5.74) is 1.68. The van der Waals surface area contributed by atoms with Crippen LogP contribution in [0.1, 0.15) is 5.56 Å². The van der Waals surface area contributed by atoms with Crippen LogP contribution < -0.4 is 5.32 Å². The van der Waals surface area contributed by atoms with Crippen molar-refractivity contribution in [3.05, 3.63) is 46.5 Å². The zero-order valence-electron chi connectivity index (χ0n) is 12.4. The van der Waals surface area contributed by atoms with Crippen LogP contribution in [0.15, 0.2) is 30.9 Å². The molecule has 0 atom stereocenters.